The van der Waals surface area contributed by atoms with Gasteiger partial charge in [-0.3, -0.25) is 4.79 Å². The largest absolute Gasteiger partial charge is 0.434 e. The molecule has 0 aliphatic carbocycles. The summed E-state index contributed by atoms with van der Waals surface area (Å²) < 4.78 is 52.9. The summed E-state index contributed by atoms with van der Waals surface area (Å²) in [6, 6.07) is 4.43. The second-order valence-corrected chi connectivity index (χ2v) is 8.89. The van der Waals surface area contributed by atoms with Crippen molar-refractivity contribution in [1.29, 1.82) is 0 Å². The van der Waals surface area contributed by atoms with E-state index in [0.29, 0.717) is 16.5 Å². The molecular formula is C15H16BrF2NO4S. The van der Waals surface area contributed by atoms with Crippen LogP contribution in [-0.2, 0) is 14.6 Å². The summed E-state index contributed by atoms with van der Waals surface area (Å²) in [6.07, 6.45) is 2.84. The van der Waals surface area contributed by atoms with Crippen LogP contribution in [-0.4, -0.2) is 38.0 Å². The fraction of sp³-hybridized carbons (Fsp3) is 0.400. The molecule has 1 fully saturated rings. The summed E-state index contributed by atoms with van der Waals surface area (Å²) in [4.78, 5) is 12.0. The van der Waals surface area contributed by atoms with E-state index in [0.717, 1.165) is 6.08 Å². The summed E-state index contributed by atoms with van der Waals surface area (Å²) in [5.41, 5.74) is -0.524. The highest BCUT2D eigenvalue weighted by Crippen LogP contribution is 2.26. The van der Waals surface area contributed by atoms with E-state index in [9.17, 15) is 22.0 Å². The van der Waals surface area contributed by atoms with Crippen LogP contribution >= 0.6 is 15.9 Å². The Morgan fingerprint density at radius 2 is 2.17 bits per heavy atom. The fourth-order valence-electron chi connectivity index (χ4n) is 2.47. The molecule has 132 valence electrons. The van der Waals surface area contributed by atoms with Gasteiger partial charge in [0.1, 0.15) is 5.75 Å². The van der Waals surface area contributed by atoms with Crippen molar-refractivity contribution >= 4 is 37.8 Å². The number of halogens is 3. The van der Waals surface area contributed by atoms with E-state index in [4.69, 9.17) is 0 Å². The van der Waals surface area contributed by atoms with Gasteiger partial charge in [0.05, 0.1) is 17.0 Å². The van der Waals surface area contributed by atoms with E-state index >= 15 is 0 Å². The van der Waals surface area contributed by atoms with E-state index in [1.54, 1.807) is 13.0 Å². The molecule has 0 aromatic heterocycles. The maximum Gasteiger partial charge on any atom is 0.387 e. The van der Waals surface area contributed by atoms with Gasteiger partial charge in [0.2, 0.25) is 5.91 Å². The Labute approximate surface area is 147 Å². The van der Waals surface area contributed by atoms with Crippen molar-refractivity contribution in [3.8, 4) is 5.75 Å². The van der Waals surface area contributed by atoms with Gasteiger partial charge in [0.25, 0.3) is 0 Å². The topological polar surface area (TPSA) is 72.5 Å². The van der Waals surface area contributed by atoms with Gasteiger partial charge in [-0.2, -0.15) is 8.78 Å². The van der Waals surface area contributed by atoms with E-state index in [-0.39, 0.29) is 17.3 Å². The smallest absolute Gasteiger partial charge is 0.387 e. The lowest BCUT2D eigenvalue weighted by Crippen LogP contribution is -2.46. The average molecular weight is 424 g/mol. The monoisotopic (exact) mass is 423 g/mol. The SMILES string of the molecule is CC1(NC(=O)/C=C/c2cc(Br)ccc2OC(F)F)CCS(=O)(=O)C1. The number of rotatable bonds is 5. The van der Waals surface area contributed by atoms with Gasteiger partial charge in [0.15, 0.2) is 9.84 Å². The van der Waals surface area contributed by atoms with Crippen LogP contribution in [0.25, 0.3) is 6.08 Å². The average Bonchev–Trinajstić information content (AvgIpc) is 2.72. The molecular weight excluding hydrogens is 408 g/mol. The number of benzene rings is 1. The van der Waals surface area contributed by atoms with Crippen molar-refractivity contribution in [3.63, 3.8) is 0 Å². The Morgan fingerprint density at radius 1 is 1.46 bits per heavy atom. The zero-order valence-electron chi connectivity index (χ0n) is 12.8. The van der Waals surface area contributed by atoms with Crippen LogP contribution in [0.1, 0.15) is 18.9 Å². The number of carbonyl (C=O) groups is 1. The summed E-state index contributed by atoms with van der Waals surface area (Å²) in [6.45, 7) is -1.32. The maximum atomic E-state index is 12.4. The van der Waals surface area contributed by atoms with Crippen LogP contribution in [0.3, 0.4) is 0 Å². The van der Waals surface area contributed by atoms with Gasteiger partial charge in [-0.25, -0.2) is 8.42 Å². The van der Waals surface area contributed by atoms with E-state index < -0.39 is 27.9 Å². The lowest BCUT2D eigenvalue weighted by molar-refractivity contribution is -0.117. The lowest BCUT2D eigenvalue weighted by Gasteiger charge is -2.22. The van der Waals surface area contributed by atoms with Gasteiger partial charge in [-0.1, -0.05) is 15.9 Å². The Balaban J connectivity index is 2.10. The Morgan fingerprint density at radius 3 is 2.75 bits per heavy atom. The number of amides is 1. The molecule has 1 heterocycles. The first-order valence-corrected chi connectivity index (χ1v) is 9.65. The fourth-order valence-corrected chi connectivity index (χ4v) is 4.94. The molecule has 24 heavy (non-hydrogen) atoms. The van der Waals surface area contributed by atoms with Crippen LogP contribution in [0.2, 0.25) is 0 Å². The minimum absolute atomic E-state index is 0.0332. The van der Waals surface area contributed by atoms with Crippen molar-refractivity contribution in [3.05, 3.63) is 34.3 Å². The van der Waals surface area contributed by atoms with E-state index in [2.05, 4.69) is 26.0 Å². The van der Waals surface area contributed by atoms with Gasteiger partial charge in [-0.15, -0.1) is 0 Å². The van der Waals surface area contributed by atoms with Crippen molar-refractivity contribution in [1.82, 2.24) is 5.32 Å². The van der Waals surface area contributed by atoms with E-state index in [1.807, 2.05) is 0 Å². The number of hydrogen-bond acceptors (Lipinski definition) is 4. The number of sulfone groups is 1. The quantitative estimate of drug-likeness (QED) is 0.738. The van der Waals surface area contributed by atoms with Crippen molar-refractivity contribution in [2.24, 2.45) is 0 Å². The number of ether oxygens (including phenoxy) is 1. The predicted molar refractivity (Wildman–Crippen MR) is 89.6 cm³/mol. The van der Waals surface area contributed by atoms with Crippen LogP contribution in [0.4, 0.5) is 8.78 Å². The van der Waals surface area contributed by atoms with Gasteiger partial charge >= 0.3 is 6.61 Å². The molecule has 1 aromatic carbocycles. The molecule has 1 unspecified atom stereocenters. The van der Waals surface area contributed by atoms with Crippen LogP contribution in [0.5, 0.6) is 5.75 Å². The molecule has 0 radical (unpaired) electrons. The Kier molecular flexibility index (Phi) is 5.64. The third kappa shape index (κ3) is 5.27. The zero-order chi connectivity index (χ0) is 18.0. The minimum atomic E-state index is -3.14. The number of alkyl halides is 2. The first kappa shape index (κ1) is 18.9. The Hall–Kier alpha value is -1.48. The highest BCUT2D eigenvalue weighted by molar-refractivity contribution is 9.10. The predicted octanol–water partition coefficient (Wildman–Crippen LogP) is 2.76. The summed E-state index contributed by atoms with van der Waals surface area (Å²) in [7, 11) is -3.14. The van der Waals surface area contributed by atoms with Gasteiger partial charge in [-0.05, 0) is 37.6 Å². The second kappa shape index (κ2) is 7.18. The number of nitrogens with one attached hydrogen (secondary N) is 1. The first-order valence-electron chi connectivity index (χ1n) is 7.04. The highest BCUT2D eigenvalue weighted by Gasteiger charge is 2.39. The molecule has 1 atom stereocenters. The molecule has 1 aliphatic rings. The molecule has 0 bridgehead atoms. The molecule has 1 aromatic rings. The summed E-state index contributed by atoms with van der Waals surface area (Å²) in [5, 5.41) is 2.65. The zero-order valence-corrected chi connectivity index (χ0v) is 15.2. The molecule has 1 N–H and O–H groups in total. The number of carbonyl (C=O) groups excluding carboxylic acids is 1. The molecule has 5 nitrogen and oxygen atoms in total. The lowest BCUT2D eigenvalue weighted by atomic mass is 10.0. The normalized spacial score (nSPS) is 22.9. The van der Waals surface area contributed by atoms with Gasteiger partial charge < -0.3 is 10.1 Å². The minimum Gasteiger partial charge on any atom is -0.434 e. The van der Waals surface area contributed by atoms with Crippen LogP contribution in [0, 0.1) is 0 Å². The Bertz CT molecular complexity index is 767. The van der Waals surface area contributed by atoms with Crippen molar-refractivity contribution in [2.45, 2.75) is 25.5 Å². The molecule has 9 heteroatoms. The third-order valence-corrected chi connectivity index (χ3v) is 5.93. The maximum absolute atomic E-state index is 12.4. The number of hydrogen-bond donors (Lipinski definition) is 1. The third-order valence-electron chi connectivity index (χ3n) is 3.53. The van der Waals surface area contributed by atoms with E-state index in [1.165, 1.54) is 18.2 Å². The molecule has 2 rings (SSSR count). The standard InChI is InChI=1S/C15H16BrF2NO4S/c1-15(6-7-24(21,22)9-15)19-13(20)5-2-10-8-11(16)3-4-12(10)23-14(17)18/h2-5,8,14H,6-7,9H2,1H3,(H,19,20)/b5-2+. The van der Waals surface area contributed by atoms with Gasteiger partial charge in [0, 0.05) is 16.1 Å². The second-order valence-electron chi connectivity index (χ2n) is 5.79. The molecule has 1 saturated heterocycles. The summed E-state index contributed by atoms with van der Waals surface area (Å²) >= 11 is 3.22. The van der Waals surface area contributed by atoms with Crippen LogP contribution in [0.15, 0.2) is 28.7 Å². The first-order chi connectivity index (χ1) is 11.1. The molecule has 1 aliphatic heterocycles. The molecule has 0 saturated carbocycles. The summed E-state index contributed by atoms with van der Waals surface area (Å²) in [5.74, 6) is -0.647. The van der Waals surface area contributed by atoms with Crippen LogP contribution < -0.4 is 10.1 Å². The van der Waals surface area contributed by atoms with Crippen molar-refractivity contribution < 1.29 is 26.7 Å². The molecule has 1 amide bonds. The highest BCUT2D eigenvalue weighted by atomic mass is 79.9. The van der Waals surface area contributed by atoms with Crippen molar-refractivity contribution in [2.75, 3.05) is 11.5 Å². The molecule has 0 spiro atoms.